The lowest BCUT2D eigenvalue weighted by Crippen LogP contribution is -2.28. The molecule has 1 rings (SSSR count). The summed E-state index contributed by atoms with van der Waals surface area (Å²) in [6.45, 7) is 5.38. The topological polar surface area (TPSA) is 78.8 Å². The van der Waals surface area contributed by atoms with Crippen molar-refractivity contribution in [2.75, 3.05) is 11.9 Å². The first kappa shape index (κ1) is 13.2. The van der Waals surface area contributed by atoms with E-state index in [1.807, 2.05) is 0 Å². The fourth-order valence-electron chi connectivity index (χ4n) is 1.40. The standard InChI is InChI=1S/C12H17NO4/c1-4-17-12(16)8(3)13-9-5-6-10(14)11(15)7(9)2/h5-6,8,13-15H,4H2,1-3H3/t8-/m0/s1. The highest BCUT2D eigenvalue weighted by molar-refractivity contribution is 5.79. The van der Waals surface area contributed by atoms with Crippen molar-refractivity contribution >= 4 is 11.7 Å². The molecule has 0 heterocycles. The predicted octanol–water partition coefficient (Wildman–Crippen LogP) is 1.77. The van der Waals surface area contributed by atoms with Gasteiger partial charge in [0.05, 0.1) is 6.61 Å². The molecule has 5 nitrogen and oxygen atoms in total. The highest BCUT2D eigenvalue weighted by atomic mass is 16.5. The van der Waals surface area contributed by atoms with E-state index >= 15 is 0 Å². The molecule has 0 radical (unpaired) electrons. The van der Waals surface area contributed by atoms with Crippen LogP contribution in [0.4, 0.5) is 5.69 Å². The van der Waals surface area contributed by atoms with Gasteiger partial charge in [0, 0.05) is 11.3 Å². The number of benzene rings is 1. The number of phenolic OH excluding ortho intramolecular Hbond substituents is 2. The fourth-order valence-corrected chi connectivity index (χ4v) is 1.40. The fraction of sp³-hybridized carbons (Fsp3) is 0.417. The van der Waals surface area contributed by atoms with Gasteiger partial charge in [-0.05, 0) is 32.9 Å². The van der Waals surface area contributed by atoms with E-state index in [1.165, 1.54) is 6.07 Å². The minimum atomic E-state index is -0.516. The van der Waals surface area contributed by atoms with E-state index in [4.69, 9.17) is 4.74 Å². The molecule has 0 aliphatic heterocycles. The second kappa shape index (κ2) is 5.43. The Morgan fingerprint density at radius 3 is 2.71 bits per heavy atom. The molecule has 0 spiro atoms. The van der Waals surface area contributed by atoms with Gasteiger partial charge in [-0.3, -0.25) is 0 Å². The number of phenols is 2. The maximum absolute atomic E-state index is 11.4. The van der Waals surface area contributed by atoms with Crippen molar-refractivity contribution in [3.05, 3.63) is 17.7 Å². The summed E-state index contributed by atoms with van der Waals surface area (Å²) in [5.41, 5.74) is 1.07. The SMILES string of the molecule is CCOC(=O)[C@H](C)Nc1ccc(O)c(O)c1C. The first-order valence-corrected chi connectivity index (χ1v) is 5.42. The maximum Gasteiger partial charge on any atom is 0.328 e. The molecule has 0 aliphatic carbocycles. The summed E-state index contributed by atoms with van der Waals surface area (Å²) in [6, 6.07) is 2.44. The zero-order valence-corrected chi connectivity index (χ0v) is 10.2. The summed E-state index contributed by atoms with van der Waals surface area (Å²) in [7, 11) is 0. The third kappa shape index (κ3) is 3.03. The van der Waals surface area contributed by atoms with E-state index in [9.17, 15) is 15.0 Å². The minimum absolute atomic E-state index is 0.183. The Labute approximate surface area is 100 Å². The molecule has 0 amide bonds. The number of hydrogen-bond acceptors (Lipinski definition) is 5. The van der Waals surface area contributed by atoms with E-state index in [1.54, 1.807) is 26.8 Å². The minimum Gasteiger partial charge on any atom is -0.504 e. The highest BCUT2D eigenvalue weighted by Gasteiger charge is 2.16. The van der Waals surface area contributed by atoms with Crippen LogP contribution in [0.15, 0.2) is 12.1 Å². The number of aromatic hydroxyl groups is 2. The number of carbonyl (C=O) groups is 1. The Balaban J connectivity index is 2.82. The van der Waals surface area contributed by atoms with E-state index in [0.717, 1.165) is 0 Å². The van der Waals surface area contributed by atoms with Crippen LogP contribution in [0.2, 0.25) is 0 Å². The van der Waals surface area contributed by atoms with Crippen LogP contribution in [-0.4, -0.2) is 28.8 Å². The number of esters is 1. The van der Waals surface area contributed by atoms with E-state index in [2.05, 4.69) is 5.32 Å². The quantitative estimate of drug-likeness (QED) is 0.424. The van der Waals surface area contributed by atoms with Crippen molar-refractivity contribution in [2.24, 2.45) is 0 Å². The van der Waals surface area contributed by atoms with E-state index in [-0.39, 0.29) is 17.5 Å². The molecule has 1 atom stereocenters. The van der Waals surface area contributed by atoms with Crippen LogP contribution < -0.4 is 5.32 Å². The molecule has 0 saturated carbocycles. The van der Waals surface area contributed by atoms with Crippen molar-refractivity contribution in [1.29, 1.82) is 0 Å². The van der Waals surface area contributed by atoms with E-state index < -0.39 is 6.04 Å². The van der Waals surface area contributed by atoms with Crippen LogP contribution in [0, 0.1) is 6.92 Å². The molecular formula is C12H17NO4. The third-order valence-corrected chi connectivity index (χ3v) is 2.42. The van der Waals surface area contributed by atoms with Gasteiger partial charge in [-0.25, -0.2) is 4.79 Å². The lowest BCUT2D eigenvalue weighted by Gasteiger charge is -2.16. The molecule has 3 N–H and O–H groups in total. The molecule has 0 unspecified atom stereocenters. The molecule has 1 aromatic carbocycles. The van der Waals surface area contributed by atoms with Crippen LogP contribution in [-0.2, 0) is 9.53 Å². The van der Waals surface area contributed by atoms with Gasteiger partial charge < -0.3 is 20.3 Å². The zero-order chi connectivity index (χ0) is 13.0. The number of hydrogen-bond donors (Lipinski definition) is 3. The largest absolute Gasteiger partial charge is 0.504 e. The number of nitrogens with one attached hydrogen (secondary N) is 1. The molecular weight excluding hydrogens is 222 g/mol. The van der Waals surface area contributed by atoms with Crippen LogP contribution in [0.3, 0.4) is 0 Å². The second-order valence-corrected chi connectivity index (χ2v) is 3.72. The monoisotopic (exact) mass is 239 g/mol. The summed E-state index contributed by atoms with van der Waals surface area (Å²) < 4.78 is 4.86. The van der Waals surface area contributed by atoms with Crippen molar-refractivity contribution in [3.63, 3.8) is 0 Å². The number of carbonyl (C=O) groups excluding carboxylic acids is 1. The van der Waals surface area contributed by atoms with Gasteiger partial charge in [-0.2, -0.15) is 0 Å². The summed E-state index contributed by atoms with van der Waals surface area (Å²) in [4.78, 5) is 11.4. The van der Waals surface area contributed by atoms with Crippen molar-refractivity contribution in [1.82, 2.24) is 0 Å². The van der Waals surface area contributed by atoms with Crippen LogP contribution >= 0.6 is 0 Å². The van der Waals surface area contributed by atoms with Crippen molar-refractivity contribution < 1.29 is 19.7 Å². The van der Waals surface area contributed by atoms with Gasteiger partial charge in [-0.15, -0.1) is 0 Å². The predicted molar refractivity (Wildman–Crippen MR) is 64.2 cm³/mol. The molecule has 17 heavy (non-hydrogen) atoms. The second-order valence-electron chi connectivity index (χ2n) is 3.72. The maximum atomic E-state index is 11.4. The average molecular weight is 239 g/mol. The average Bonchev–Trinajstić information content (AvgIpc) is 2.30. The first-order chi connectivity index (χ1) is 7.97. The molecule has 0 fully saturated rings. The normalized spacial score (nSPS) is 11.9. The van der Waals surface area contributed by atoms with Gasteiger partial charge >= 0.3 is 5.97 Å². The van der Waals surface area contributed by atoms with Gasteiger partial charge in [-0.1, -0.05) is 0 Å². The Morgan fingerprint density at radius 2 is 2.12 bits per heavy atom. The highest BCUT2D eigenvalue weighted by Crippen LogP contribution is 2.33. The first-order valence-electron chi connectivity index (χ1n) is 5.42. The van der Waals surface area contributed by atoms with Crippen LogP contribution in [0.1, 0.15) is 19.4 Å². The Hall–Kier alpha value is -1.91. The zero-order valence-electron chi connectivity index (χ0n) is 10.2. The van der Waals surface area contributed by atoms with E-state index in [0.29, 0.717) is 17.9 Å². The molecule has 94 valence electrons. The Bertz CT molecular complexity index is 417. The Kier molecular flexibility index (Phi) is 4.20. The molecule has 0 aliphatic rings. The molecule has 5 heteroatoms. The Morgan fingerprint density at radius 1 is 1.47 bits per heavy atom. The lowest BCUT2D eigenvalue weighted by molar-refractivity contribution is -0.143. The van der Waals surface area contributed by atoms with Gasteiger partial charge in [0.25, 0.3) is 0 Å². The molecule has 0 saturated heterocycles. The summed E-state index contributed by atoms with van der Waals surface area (Å²) in [5, 5.41) is 21.7. The number of anilines is 1. The molecule has 0 bridgehead atoms. The van der Waals surface area contributed by atoms with Gasteiger partial charge in [0.2, 0.25) is 0 Å². The smallest absolute Gasteiger partial charge is 0.328 e. The van der Waals surface area contributed by atoms with Gasteiger partial charge in [0.15, 0.2) is 11.5 Å². The summed E-state index contributed by atoms with van der Waals surface area (Å²) >= 11 is 0. The van der Waals surface area contributed by atoms with Crippen LogP contribution in [0.25, 0.3) is 0 Å². The number of rotatable bonds is 4. The van der Waals surface area contributed by atoms with Crippen molar-refractivity contribution in [3.8, 4) is 11.5 Å². The van der Waals surface area contributed by atoms with Crippen molar-refractivity contribution in [2.45, 2.75) is 26.8 Å². The van der Waals surface area contributed by atoms with Crippen LogP contribution in [0.5, 0.6) is 11.5 Å². The van der Waals surface area contributed by atoms with Gasteiger partial charge in [0.1, 0.15) is 6.04 Å². The molecule has 0 aromatic heterocycles. The lowest BCUT2D eigenvalue weighted by atomic mass is 10.1. The molecule has 1 aromatic rings. The number of ether oxygens (including phenoxy) is 1. The summed E-state index contributed by atoms with van der Waals surface area (Å²) in [6.07, 6.45) is 0. The summed E-state index contributed by atoms with van der Waals surface area (Å²) in [5.74, 6) is -0.734. The third-order valence-electron chi connectivity index (χ3n) is 2.42.